The lowest BCUT2D eigenvalue weighted by Gasteiger charge is -2.18. The maximum absolute atomic E-state index is 5.05. The van der Waals surface area contributed by atoms with Crippen LogP contribution in [0.25, 0.3) is 0 Å². The van der Waals surface area contributed by atoms with E-state index in [0.29, 0.717) is 6.04 Å². The second-order valence-electron chi connectivity index (χ2n) is 3.96. The number of hydrogen-bond donors (Lipinski definition) is 1. The number of rotatable bonds is 10. The first-order valence-corrected chi connectivity index (χ1v) is 5.60. The third kappa shape index (κ3) is 10.1. The van der Waals surface area contributed by atoms with Crippen LogP contribution >= 0.6 is 0 Å². The molecule has 0 spiro atoms. The van der Waals surface area contributed by atoms with Crippen LogP contribution in [0.3, 0.4) is 0 Å². The Balaban J connectivity index is 3.26. The fourth-order valence-electron chi connectivity index (χ4n) is 1.40. The lowest BCUT2D eigenvalue weighted by molar-refractivity contribution is 0.166. The molecule has 0 heterocycles. The largest absolute Gasteiger partial charge is 0.385 e. The molecule has 0 radical (unpaired) electrons. The smallest absolute Gasteiger partial charge is 0.0613 e. The zero-order chi connectivity index (χ0) is 11.5. The summed E-state index contributed by atoms with van der Waals surface area (Å²) in [6, 6.07) is 0.433. The molecule has 1 atom stereocenters. The number of ether oxygens (including phenoxy) is 2. The van der Waals surface area contributed by atoms with Gasteiger partial charge in [0.05, 0.1) is 6.61 Å². The van der Waals surface area contributed by atoms with Crippen LogP contribution in [0.2, 0.25) is 0 Å². The van der Waals surface area contributed by atoms with Gasteiger partial charge >= 0.3 is 0 Å². The first-order chi connectivity index (χ1) is 7.20. The number of likely N-dealkylation sites (N-methyl/N-ethyl adjacent to an activating group) is 1. The van der Waals surface area contributed by atoms with E-state index in [4.69, 9.17) is 9.47 Å². The third-order valence-corrected chi connectivity index (χ3v) is 2.29. The van der Waals surface area contributed by atoms with E-state index in [1.165, 1.54) is 0 Å². The molecule has 0 aromatic carbocycles. The zero-order valence-electron chi connectivity index (χ0n) is 10.6. The molecule has 1 N–H and O–H groups in total. The van der Waals surface area contributed by atoms with E-state index < -0.39 is 0 Å². The molecule has 92 valence electrons. The van der Waals surface area contributed by atoms with Crippen molar-refractivity contribution in [2.75, 3.05) is 54.1 Å². The van der Waals surface area contributed by atoms with Crippen molar-refractivity contribution in [1.29, 1.82) is 0 Å². The van der Waals surface area contributed by atoms with Gasteiger partial charge in [-0.2, -0.15) is 0 Å². The Bertz CT molecular complexity index is 134. The average molecular weight is 218 g/mol. The summed E-state index contributed by atoms with van der Waals surface area (Å²) in [4.78, 5) is 2.31. The Morgan fingerprint density at radius 3 is 2.53 bits per heavy atom. The van der Waals surface area contributed by atoms with Crippen molar-refractivity contribution in [3.63, 3.8) is 0 Å². The second kappa shape index (κ2) is 10.4. The summed E-state index contributed by atoms with van der Waals surface area (Å²) in [7, 11) is 5.61. The molecular formula is C11H26N2O2. The molecule has 0 saturated heterocycles. The van der Waals surface area contributed by atoms with Crippen molar-refractivity contribution in [3.05, 3.63) is 0 Å². The minimum atomic E-state index is 0.433. The average Bonchev–Trinajstić information content (AvgIpc) is 2.18. The summed E-state index contributed by atoms with van der Waals surface area (Å²) >= 11 is 0. The SMILES string of the molecule is COCCCN(C)CCNC(C)COC. The Morgan fingerprint density at radius 1 is 1.20 bits per heavy atom. The molecule has 4 heteroatoms. The lowest BCUT2D eigenvalue weighted by atomic mass is 10.3. The molecule has 0 fully saturated rings. The van der Waals surface area contributed by atoms with E-state index in [-0.39, 0.29) is 0 Å². The highest BCUT2D eigenvalue weighted by Crippen LogP contribution is 1.88. The predicted octanol–water partition coefficient (Wildman–Crippen LogP) is 0.579. The van der Waals surface area contributed by atoms with Crippen LogP contribution in [0, 0.1) is 0 Å². The van der Waals surface area contributed by atoms with E-state index in [9.17, 15) is 0 Å². The molecule has 0 rings (SSSR count). The lowest BCUT2D eigenvalue weighted by Crippen LogP contribution is -2.36. The third-order valence-electron chi connectivity index (χ3n) is 2.29. The fraction of sp³-hybridized carbons (Fsp3) is 1.00. The highest BCUT2D eigenvalue weighted by atomic mass is 16.5. The standard InChI is InChI=1S/C11H26N2O2/c1-11(10-15-4)12-6-8-13(2)7-5-9-14-3/h11-12H,5-10H2,1-4H3. The van der Waals surface area contributed by atoms with E-state index >= 15 is 0 Å². The highest BCUT2D eigenvalue weighted by Gasteiger charge is 2.01. The Kier molecular flexibility index (Phi) is 10.3. The maximum Gasteiger partial charge on any atom is 0.0613 e. The van der Waals surface area contributed by atoms with Crippen LogP contribution in [-0.2, 0) is 9.47 Å². The Morgan fingerprint density at radius 2 is 1.93 bits per heavy atom. The topological polar surface area (TPSA) is 33.7 Å². The van der Waals surface area contributed by atoms with Crippen molar-refractivity contribution in [1.82, 2.24) is 10.2 Å². The predicted molar refractivity (Wildman–Crippen MR) is 63.3 cm³/mol. The molecule has 0 aliphatic rings. The maximum atomic E-state index is 5.05. The van der Waals surface area contributed by atoms with Gasteiger partial charge in [0.25, 0.3) is 0 Å². The van der Waals surface area contributed by atoms with Crippen LogP contribution < -0.4 is 5.32 Å². The molecule has 1 unspecified atom stereocenters. The summed E-state index contributed by atoms with van der Waals surface area (Å²) in [5.74, 6) is 0. The number of nitrogens with zero attached hydrogens (tertiary/aromatic N) is 1. The first-order valence-electron chi connectivity index (χ1n) is 5.60. The summed E-state index contributed by atoms with van der Waals surface area (Å²) in [6.45, 7) is 6.92. The van der Waals surface area contributed by atoms with Crippen molar-refractivity contribution in [3.8, 4) is 0 Å². The van der Waals surface area contributed by atoms with Gasteiger partial charge in [-0.1, -0.05) is 0 Å². The fourth-order valence-corrected chi connectivity index (χ4v) is 1.40. The van der Waals surface area contributed by atoms with Gasteiger partial charge < -0.3 is 19.7 Å². The summed E-state index contributed by atoms with van der Waals surface area (Å²) in [5, 5.41) is 3.41. The van der Waals surface area contributed by atoms with Gasteiger partial charge in [-0.15, -0.1) is 0 Å². The summed E-state index contributed by atoms with van der Waals surface area (Å²) in [5.41, 5.74) is 0. The monoisotopic (exact) mass is 218 g/mol. The normalized spacial score (nSPS) is 13.4. The Hall–Kier alpha value is -0.160. The summed E-state index contributed by atoms with van der Waals surface area (Å²) < 4.78 is 10.1. The molecule has 15 heavy (non-hydrogen) atoms. The number of nitrogens with one attached hydrogen (secondary N) is 1. The van der Waals surface area contributed by atoms with Gasteiger partial charge in [-0.3, -0.25) is 0 Å². The molecular weight excluding hydrogens is 192 g/mol. The molecule has 0 amide bonds. The zero-order valence-corrected chi connectivity index (χ0v) is 10.6. The second-order valence-corrected chi connectivity index (χ2v) is 3.96. The molecule has 4 nitrogen and oxygen atoms in total. The van der Waals surface area contributed by atoms with E-state index in [1.54, 1.807) is 14.2 Å². The van der Waals surface area contributed by atoms with Crippen LogP contribution in [0.4, 0.5) is 0 Å². The Labute approximate surface area is 93.9 Å². The quantitative estimate of drug-likeness (QED) is 0.544. The molecule has 0 saturated carbocycles. The van der Waals surface area contributed by atoms with Gasteiger partial charge in [0.2, 0.25) is 0 Å². The van der Waals surface area contributed by atoms with Crippen LogP contribution in [0.15, 0.2) is 0 Å². The van der Waals surface area contributed by atoms with Crippen molar-refractivity contribution >= 4 is 0 Å². The van der Waals surface area contributed by atoms with Crippen molar-refractivity contribution in [2.24, 2.45) is 0 Å². The molecule has 0 bridgehead atoms. The van der Waals surface area contributed by atoms with Gasteiger partial charge in [0.1, 0.15) is 0 Å². The van der Waals surface area contributed by atoms with Crippen LogP contribution in [0.1, 0.15) is 13.3 Å². The van der Waals surface area contributed by atoms with Gasteiger partial charge in [-0.25, -0.2) is 0 Å². The minimum Gasteiger partial charge on any atom is -0.385 e. The molecule has 0 aliphatic carbocycles. The van der Waals surface area contributed by atoms with E-state index in [1.807, 2.05) is 0 Å². The first kappa shape index (κ1) is 14.8. The van der Waals surface area contributed by atoms with E-state index in [2.05, 4.69) is 24.2 Å². The van der Waals surface area contributed by atoms with E-state index in [0.717, 1.165) is 39.3 Å². The van der Waals surface area contributed by atoms with Gasteiger partial charge in [0.15, 0.2) is 0 Å². The van der Waals surface area contributed by atoms with Gasteiger partial charge in [-0.05, 0) is 20.4 Å². The molecule has 0 aliphatic heterocycles. The van der Waals surface area contributed by atoms with Gasteiger partial charge in [0, 0.05) is 46.5 Å². The van der Waals surface area contributed by atoms with Crippen molar-refractivity contribution in [2.45, 2.75) is 19.4 Å². The highest BCUT2D eigenvalue weighted by molar-refractivity contribution is 4.61. The van der Waals surface area contributed by atoms with Crippen LogP contribution in [0.5, 0.6) is 0 Å². The molecule has 0 aromatic heterocycles. The van der Waals surface area contributed by atoms with Crippen LogP contribution in [-0.4, -0.2) is 65.1 Å². The van der Waals surface area contributed by atoms with Crippen molar-refractivity contribution < 1.29 is 9.47 Å². The summed E-state index contributed by atoms with van der Waals surface area (Å²) in [6.07, 6.45) is 1.10. The minimum absolute atomic E-state index is 0.433. The number of methoxy groups -OCH3 is 2. The molecule has 0 aromatic rings. The number of hydrogen-bond acceptors (Lipinski definition) is 4.